The van der Waals surface area contributed by atoms with Crippen LogP contribution in [0.4, 0.5) is 15.9 Å². The molecule has 2 fully saturated rings. The maximum absolute atomic E-state index is 14.5. The highest BCUT2D eigenvalue weighted by molar-refractivity contribution is 6.14. The Labute approximate surface area is 193 Å². The van der Waals surface area contributed by atoms with E-state index >= 15 is 0 Å². The van der Waals surface area contributed by atoms with Crippen molar-refractivity contribution in [2.24, 2.45) is 5.92 Å². The van der Waals surface area contributed by atoms with Gasteiger partial charge in [0.2, 0.25) is 0 Å². The summed E-state index contributed by atoms with van der Waals surface area (Å²) < 4.78 is 22.2. The molecule has 0 spiro atoms. The van der Waals surface area contributed by atoms with E-state index in [-0.39, 0.29) is 11.8 Å². The average Bonchev–Trinajstić information content (AvgIpc) is 3.60. The van der Waals surface area contributed by atoms with Gasteiger partial charge in [-0.15, -0.1) is 0 Å². The van der Waals surface area contributed by atoms with Crippen molar-refractivity contribution in [2.45, 2.75) is 12.5 Å². The maximum atomic E-state index is 14.5. The fraction of sp³-hybridized carbons (Fsp3) is 0.304. The largest absolute Gasteiger partial charge is 0.421 e. The van der Waals surface area contributed by atoms with Gasteiger partial charge in [0.1, 0.15) is 17.3 Å². The number of halogens is 1. The lowest BCUT2D eigenvalue weighted by Crippen LogP contribution is -2.30. The lowest BCUT2D eigenvalue weighted by molar-refractivity contribution is 0.438. The van der Waals surface area contributed by atoms with Crippen LogP contribution in [0.5, 0.6) is 11.8 Å². The summed E-state index contributed by atoms with van der Waals surface area (Å²) in [6, 6.07) is 5.44. The first-order valence-corrected chi connectivity index (χ1v) is 11.3. The Morgan fingerprint density at radius 1 is 1.24 bits per heavy atom. The van der Waals surface area contributed by atoms with Crippen LogP contribution in [0.3, 0.4) is 0 Å². The Morgan fingerprint density at radius 3 is 3.06 bits per heavy atom. The molecule has 0 unspecified atom stereocenters. The molecule has 0 bridgehead atoms. The third-order valence-corrected chi connectivity index (χ3v) is 6.85. The summed E-state index contributed by atoms with van der Waals surface area (Å²) in [5.41, 5.74) is 2.76. The fourth-order valence-electron chi connectivity index (χ4n) is 5.27. The molecule has 6 heterocycles. The molecule has 0 amide bonds. The Bertz CT molecular complexity index is 1550. The van der Waals surface area contributed by atoms with Gasteiger partial charge in [-0.3, -0.25) is 0 Å². The van der Waals surface area contributed by atoms with Crippen LogP contribution in [-0.2, 0) is 0 Å². The summed E-state index contributed by atoms with van der Waals surface area (Å²) in [4.78, 5) is 19.4. The number of hydrogen-bond donors (Lipinski definition) is 3. The van der Waals surface area contributed by atoms with Gasteiger partial charge in [-0.25, -0.2) is 13.9 Å². The van der Waals surface area contributed by atoms with Crippen molar-refractivity contribution in [3.8, 4) is 11.8 Å². The van der Waals surface area contributed by atoms with Crippen molar-refractivity contribution in [1.29, 1.82) is 0 Å². The van der Waals surface area contributed by atoms with Crippen molar-refractivity contribution < 1.29 is 9.13 Å². The second kappa shape index (κ2) is 7.26. The number of ether oxygens (including phenoxy) is 1. The van der Waals surface area contributed by atoms with E-state index in [0.29, 0.717) is 29.0 Å². The van der Waals surface area contributed by atoms with Crippen LogP contribution in [0, 0.1) is 11.7 Å². The SMILES string of the molecule is CNc1cc(F)cc2c1[nH]c1nc(Oc3cnc4ccnn4c3)nc(N3C[C@H]4CCN[C@H]4C3)c12. The zero-order valence-corrected chi connectivity index (χ0v) is 18.4. The van der Waals surface area contributed by atoms with E-state index < -0.39 is 0 Å². The third kappa shape index (κ3) is 2.97. The van der Waals surface area contributed by atoms with Gasteiger partial charge in [-0.1, -0.05) is 0 Å². The Kier molecular flexibility index (Phi) is 4.16. The van der Waals surface area contributed by atoms with E-state index in [9.17, 15) is 4.39 Å². The summed E-state index contributed by atoms with van der Waals surface area (Å²) >= 11 is 0. The van der Waals surface area contributed by atoms with Crippen molar-refractivity contribution in [3.05, 3.63) is 42.6 Å². The number of nitrogens with one attached hydrogen (secondary N) is 3. The van der Waals surface area contributed by atoms with Gasteiger partial charge in [0.25, 0.3) is 0 Å². The second-order valence-corrected chi connectivity index (χ2v) is 8.84. The predicted molar refractivity (Wildman–Crippen MR) is 126 cm³/mol. The van der Waals surface area contributed by atoms with E-state index in [1.54, 1.807) is 30.2 Å². The summed E-state index contributed by atoms with van der Waals surface area (Å²) in [6.45, 7) is 2.76. The molecule has 0 saturated carbocycles. The Hall–Kier alpha value is -3.99. The zero-order chi connectivity index (χ0) is 22.8. The lowest BCUT2D eigenvalue weighted by Gasteiger charge is -2.20. The molecule has 172 valence electrons. The monoisotopic (exact) mass is 459 g/mol. The summed E-state index contributed by atoms with van der Waals surface area (Å²) in [5.74, 6) is 1.46. The molecule has 5 aromatic rings. The third-order valence-electron chi connectivity index (χ3n) is 6.85. The number of aromatic amines is 1. The minimum absolute atomic E-state index is 0.193. The van der Waals surface area contributed by atoms with Crippen LogP contribution >= 0.6 is 0 Å². The normalized spacial score (nSPS) is 20.0. The average molecular weight is 459 g/mol. The second-order valence-electron chi connectivity index (χ2n) is 8.84. The molecule has 2 aliphatic heterocycles. The first-order valence-electron chi connectivity index (χ1n) is 11.3. The van der Waals surface area contributed by atoms with Crippen molar-refractivity contribution in [2.75, 3.05) is 36.9 Å². The molecular formula is C23H22FN9O. The van der Waals surface area contributed by atoms with Gasteiger partial charge in [-0.2, -0.15) is 15.1 Å². The van der Waals surface area contributed by atoms with Gasteiger partial charge in [0.15, 0.2) is 11.4 Å². The van der Waals surface area contributed by atoms with E-state index in [4.69, 9.17) is 9.72 Å². The smallest absolute Gasteiger partial charge is 0.326 e. The predicted octanol–water partition coefficient (Wildman–Crippen LogP) is 2.92. The minimum atomic E-state index is -0.317. The van der Waals surface area contributed by atoms with Gasteiger partial charge in [0, 0.05) is 37.6 Å². The van der Waals surface area contributed by atoms with Crippen molar-refractivity contribution in [3.63, 3.8) is 0 Å². The Balaban J connectivity index is 1.40. The Morgan fingerprint density at radius 2 is 2.18 bits per heavy atom. The van der Waals surface area contributed by atoms with E-state index in [1.165, 1.54) is 12.1 Å². The number of hydrogen-bond acceptors (Lipinski definition) is 8. The molecule has 1 aromatic carbocycles. The highest BCUT2D eigenvalue weighted by atomic mass is 19.1. The number of nitrogens with zero attached hydrogens (tertiary/aromatic N) is 6. The van der Waals surface area contributed by atoms with Crippen molar-refractivity contribution in [1.82, 2.24) is 34.9 Å². The number of anilines is 2. The maximum Gasteiger partial charge on any atom is 0.326 e. The van der Waals surface area contributed by atoms with Crippen LogP contribution in [0.15, 0.2) is 36.8 Å². The summed E-state index contributed by atoms with van der Waals surface area (Å²) in [6.07, 6.45) is 6.17. The molecule has 11 heteroatoms. The first kappa shape index (κ1) is 19.5. The molecule has 2 aliphatic rings. The van der Waals surface area contributed by atoms with Crippen LogP contribution in [-0.4, -0.2) is 62.3 Å². The molecule has 0 aliphatic carbocycles. The molecule has 3 N–H and O–H groups in total. The molecule has 10 nitrogen and oxygen atoms in total. The molecule has 2 atom stereocenters. The van der Waals surface area contributed by atoms with Gasteiger partial charge >= 0.3 is 6.01 Å². The molecule has 7 rings (SSSR count). The number of fused-ring (bicyclic) bond motifs is 5. The van der Waals surface area contributed by atoms with E-state index in [0.717, 1.165) is 53.8 Å². The van der Waals surface area contributed by atoms with Crippen molar-refractivity contribution >= 4 is 39.1 Å². The number of aromatic nitrogens is 6. The van der Waals surface area contributed by atoms with Crippen LogP contribution in [0.2, 0.25) is 0 Å². The minimum Gasteiger partial charge on any atom is -0.421 e. The fourth-order valence-corrected chi connectivity index (χ4v) is 5.27. The van der Waals surface area contributed by atoms with Crippen LogP contribution < -0.4 is 20.3 Å². The van der Waals surface area contributed by atoms with Gasteiger partial charge < -0.3 is 25.3 Å². The highest BCUT2D eigenvalue weighted by Crippen LogP contribution is 2.39. The van der Waals surface area contributed by atoms with Gasteiger partial charge in [0.05, 0.1) is 35.2 Å². The zero-order valence-electron chi connectivity index (χ0n) is 18.4. The lowest BCUT2D eigenvalue weighted by atomic mass is 10.1. The molecular weight excluding hydrogens is 437 g/mol. The molecule has 2 saturated heterocycles. The topological polar surface area (TPSA) is 108 Å². The summed E-state index contributed by atoms with van der Waals surface area (Å²) in [5, 5.41) is 12.4. The van der Waals surface area contributed by atoms with Crippen LogP contribution in [0.1, 0.15) is 6.42 Å². The molecule has 4 aromatic heterocycles. The quantitative estimate of drug-likeness (QED) is 0.377. The number of H-pyrrole nitrogens is 1. The van der Waals surface area contributed by atoms with E-state index in [2.05, 4.69) is 35.6 Å². The van der Waals surface area contributed by atoms with Gasteiger partial charge in [-0.05, 0) is 31.0 Å². The molecule has 0 radical (unpaired) electrons. The molecule has 34 heavy (non-hydrogen) atoms. The first-order chi connectivity index (χ1) is 16.7. The standard InChI is InChI=1S/C23H22FN9O/c1-25-16-7-13(24)6-15-19-21(29-20(15)16)30-23(34-14-8-27-18-3-5-28-33(18)10-14)31-22(19)32-9-12-2-4-26-17(12)11-32/h3,5-8,10,12,17,25-26H,2,4,9,11H2,1H3,(H,29,30,31)/t12-,17+/m1/s1. The number of benzene rings is 1. The highest BCUT2D eigenvalue weighted by Gasteiger charge is 2.37. The summed E-state index contributed by atoms with van der Waals surface area (Å²) in [7, 11) is 1.77. The number of rotatable bonds is 4. The van der Waals surface area contributed by atoms with Crippen LogP contribution in [0.25, 0.3) is 27.6 Å². The van der Waals surface area contributed by atoms with E-state index in [1.807, 2.05) is 6.07 Å².